The van der Waals surface area contributed by atoms with Gasteiger partial charge in [0.25, 0.3) is 0 Å². The average molecular weight is 210 g/mol. The molecule has 3 heteroatoms. The summed E-state index contributed by atoms with van der Waals surface area (Å²) in [5.41, 5.74) is 0. The molecule has 2 aliphatic carbocycles. The van der Waals surface area contributed by atoms with E-state index in [1.807, 2.05) is 0 Å². The van der Waals surface area contributed by atoms with Crippen LogP contribution in [0.5, 0.6) is 0 Å². The Hall–Kier alpha value is -0.570. The van der Waals surface area contributed by atoms with Crippen LogP contribution in [0.3, 0.4) is 0 Å². The molecular formula is C12H22N2O. The molecule has 86 valence electrons. The molecule has 0 bridgehead atoms. The Morgan fingerprint density at radius 3 is 2.47 bits per heavy atom. The van der Waals surface area contributed by atoms with Gasteiger partial charge in [0.1, 0.15) is 0 Å². The van der Waals surface area contributed by atoms with Gasteiger partial charge in [0, 0.05) is 12.6 Å². The summed E-state index contributed by atoms with van der Waals surface area (Å²) in [6.07, 6.45) is 9.17. The maximum absolute atomic E-state index is 11.4. The maximum Gasteiger partial charge on any atom is 0.233 e. The van der Waals surface area contributed by atoms with Crippen molar-refractivity contribution in [1.82, 2.24) is 10.6 Å². The molecule has 1 amide bonds. The fourth-order valence-electron chi connectivity index (χ4n) is 2.24. The van der Waals surface area contributed by atoms with E-state index < -0.39 is 0 Å². The molecule has 0 atom stereocenters. The highest BCUT2D eigenvalue weighted by Gasteiger charge is 2.21. The van der Waals surface area contributed by atoms with Gasteiger partial charge in [0.05, 0.1) is 6.54 Å². The van der Waals surface area contributed by atoms with Gasteiger partial charge in [-0.2, -0.15) is 0 Å². The van der Waals surface area contributed by atoms with Crippen molar-refractivity contribution in [3.63, 3.8) is 0 Å². The second-order valence-electron chi connectivity index (χ2n) is 4.96. The van der Waals surface area contributed by atoms with Gasteiger partial charge in [-0.05, 0) is 31.6 Å². The van der Waals surface area contributed by atoms with Crippen molar-refractivity contribution in [3.05, 3.63) is 0 Å². The van der Waals surface area contributed by atoms with E-state index >= 15 is 0 Å². The van der Waals surface area contributed by atoms with Gasteiger partial charge in [0.2, 0.25) is 5.91 Å². The molecule has 0 spiro atoms. The lowest BCUT2D eigenvalue weighted by molar-refractivity contribution is -0.120. The molecule has 0 aromatic rings. The Kier molecular flexibility index (Phi) is 4.01. The van der Waals surface area contributed by atoms with Crippen LogP contribution in [0.4, 0.5) is 0 Å². The Bertz CT molecular complexity index is 208. The molecule has 2 saturated carbocycles. The third-order valence-corrected chi connectivity index (χ3v) is 3.44. The summed E-state index contributed by atoms with van der Waals surface area (Å²) in [6, 6.07) is 0.630. The summed E-state index contributed by atoms with van der Waals surface area (Å²) >= 11 is 0. The molecule has 3 nitrogen and oxygen atoms in total. The molecule has 0 radical (unpaired) electrons. The summed E-state index contributed by atoms with van der Waals surface area (Å²) in [4.78, 5) is 11.4. The number of hydrogen-bond acceptors (Lipinski definition) is 2. The third kappa shape index (κ3) is 4.20. The minimum atomic E-state index is 0.174. The third-order valence-electron chi connectivity index (χ3n) is 3.44. The minimum Gasteiger partial charge on any atom is -0.355 e. The van der Waals surface area contributed by atoms with Crippen molar-refractivity contribution in [2.24, 2.45) is 5.92 Å². The highest BCUT2D eigenvalue weighted by Crippen LogP contribution is 2.22. The zero-order valence-corrected chi connectivity index (χ0v) is 9.43. The van der Waals surface area contributed by atoms with Crippen LogP contribution in [0, 0.1) is 5.92 Å². The Labute approximate surface area is 92.0 Å². The number of carbonyl (C=O) groups excluding carboxylic acids is 1. The lowest BCUT2D eigenvalue weighted by atomic mass is 9.89. The van der Waals surface area contributed by atoms with Crippen molar-refractivity contribution in [2.45, 2.75) is 51.0 Å². The van der Waals surface area contributed by atoms with E-state index in [1.54, 1.807) is 0 Å². The fourth-order valence-corrected chi connectivity index (χ4v) is 2.24. The van der Waals surface area contributed by atoms with Crippen LogP contribution in [0.15, 0.2) is 0 Å². The van der Waals surface area contributed by atoms with Gasteiger partial charge in [0.15, 0.2) is 0 Å². The van der Waals surface area contributed by atoms with Gasteiger partial charge in [-0.3, -0.25) is 4.79 Å². The largest absolute Gasteiger partial charge is 0.355 e. The molecule has 2 aliphatic rings. The van der Waals surface area contributed by atoms with Crippen LogP contribution in [0.1, 0.15) is 44.9 Å². The van der Waals surface area contributed by atoms with Crippen LogP contribution >= 0.6 is 0 Å². The predicted octanol–water partition coefficient (Wildman–Crippen LogP) is 1.43. The molecule has 0 heterocycles. The van der Waals surface area contributed by atoms with Gasteiger partial charge in [-0.1, -0.05) is 19.3 Å². The van der Waals surface area contributed by atoms with Crippen molar-refractivity contribution in [2.75, 3.05) is 13.1 Å². The highest BCUT2D eigenvalue weighted by atomic mass is 16.1. The molecular weight excluding hydrogens is 188 g/mol. The van der Waals surface area contributed by atoms with Crippen LogP contribution in [-0.4, -0.2) is 25.0 Å². The highest BCUT2D eigenvalue weighted by molar-refractivity contribution is 5.78. The smallest absolute Gasteiger partial charge is 0.233 e. The van der Waals surface area contributed by atoms with Crippen LogP contribution < -0.4 is 10.6 Å². The molecule has 0 aliphatic heterocycles. The van der Waals surface area contributed by atoms with Gasteiger partial charge >= 0.3 is 0 Å². The predicted molar refractivity (Wildman–Crippen MR) is 60.6 cm³/mol. The van der Waals surface area contributed by atoms with Crippen molar-refractivity contribution in [1.29, 1.82) is 0 Å². The summed E-state index contributed by atoms with van der Waals surface area (Å²) in [5, 5.41) is 6.27. The lowest BCUT2D eigenvalue weighted by Crippen LogP contribution is -2.37. The van der Waals surface area contributed by atoms with Gasteiger partial charge < -0.3 is 10.6 Å². The van der Waals surface area contributed by atoms with E-state index in [1.165, 1.54) is 44.9 Å². The van der Waals surface area contributed by atoms with Crippen LogP contribution in [0.25, 0.3) is 0 Å². The van der Waals surface area contributed by atoms with E-state index in [0.29, 0.717) is 12.6 Å². The molecule has 0 unspecified atom stereocenters. The number of amides is 1. The Balaban J connectivity index is 1.53. The molecule has 0 aromatic heterocycles. The average Bonchev–Trinajstić information content (AvgIpc) is 3.09. The molecule has 2 rings (SSSR count). The first-order chi connectivity index (χ1) is 7.34. The second-order valence-corrected chi connectivity index (χ2v) is 4.96. The summed E-state index contributed by atoms with van der Waals surface area (Å²) in [5.74, 6) is 0.913. The first-order valence-electron chi connectivity index (χ1n) is 6.34. The SMILES string of the molecule is O=C(CNC1CC1)NCC1CCCCC1. The number of hydrogen-bond donors (Lipinski definition) is 2. The molecule has 2 fully saturated rings. The molecule has 0 saturated heterocycles. The second kappa shape index (κ2) is 5.50. The molecule has 0 aromatic carbocycles. The van der Waals surface area contributed by atoms with Crippen molar-refractivity contribution < 1.29 is 4.79 Å². The van der Waals surface area contributed by atoms with Gasteiger partial charge in [-0.15, -0.1) is 0 Å². The molecule has 2 N–H and O–H groups in total. The zero-order chi connectivity index (χ0) is 10.5. The van der Waals surface area contributed by atoms with Gasteiger partial charge in [-0.25, -0.2) is 0 Å². The fraction of sp³-hybridized carbons (Fsp3) is 0.917. The normalized spacial score (nSPS) is 22.7. The Morgan fingerprint density at radius 2 is 1.80 bits per heavy atom. The van der Waals surface area contributed by atoms with Crippen molar-refractivity contribution in [3.8, 4) is 0 Å². The van der Waals surface area contributed by atoms with E-state index in [4.69, 9.17) is 0 Å². The Morgan fingerprint density at radius 1 is 1.07 bits per heavy atom. The van der Waals surface area contributed by atoms with Crippen LogP contribution in [-0.2, 0) is 4.79 Å². The minimum absolute atomic E-state index is 0.174. The summed E-state index contributed by atoms with van der Waals surface area (Å²) in [7, 11) is 0. The van der Waals surface area contributed by atoms with E-state index in [-0.39, 0.29) is 5.91 Å². The summed E-state index contributed by atoms with van der Waals surface area (Å²) in [6.45, 7) is 1.41. The number of rotatable bonds is 5. The van der Waals surface area contributed by atoms with E-state index in [2.05, 4.69) is 10.6 Å². The zero-order valence-electron chi connectivity index (χ0n) is 9.43. The number of nitrogens with one attached hydrogen (secondary N) is 2. The lowest BCUT2D eigenvalue weighted by Gasteiger charge is -2.21. The first kappa shape index (κ1) is 10.9. The first-order valence-corrected chi connectivity index (χ1v) is 6.34. The standard InChI is InChI=1S/C12H22N2O/c15-12(9-13-11-6-7-11)14-8-10-4-2-1-3-5-10/h10-11,13H,1-9H2,(H,14,15). The number of carbonyl (C=O) groups is 1. The van der Waals surface area contributed by atoms with Crippen LogP contribution in [0.2, 0.25) is 0 Å². The topological polar surface area (TPSA) is 41.1 Å². The van der Waals surface area contributed by atoms with E-state index in [0.717, 1.165) is 12.5 Å². The van der Waals surface area contributed by atoms with E-state index in [9.17, 15) is 4.79 Å². The summed E-state index contributed by atoms with van der Waals surface area (Å²) < 4.78 is 0. The van der Waals surface area contributed by atoms with Crippen molar-refractivity contribution >= 4 is 5.91 Å². The monoisotopic (exact) mass is 210 g/mol. The quantitative estimate of drug-likeness (QED) is 0.721. The maximum atomic E-state index is 11.4. The molecule has 15 heavy (non-hydrogen) atoms.